The van der Waals surface area contributed by atoms with E-state index in [1.54, 1.807) is 0 Å². The van der Waals surface area contributed by atoms with Gasteiger partial charge in [-0.15, -0.1) is 0 Å². The van der Waals surface area contributed by atoms with Crippen molar-refractivity contribution in [2.45, 2.75) is 43.1 Å². The second kappa shape index (κ2) is 12.1. The molecule has 1 aliphatic carbocycles. The highest BCUT2D eigenvalue weighted by Gasteiger charge is 2.59. The van der Waals surface area contributed by atoms with Crippen LogP contribution in [0.25, 0.3) is 11.3 Å². The van der Waals surface area contributed by atoms with Gasteiger partial charge in [-0.3, -0.25) is 19.1 Å². The van der Waals surface area contributed by atoms with E-state index in [2.05, 4.69) is 15.4 Å². The summed E-state index contributed by atoms with van der Waals surface area (Å²) in [5.74, 6) is -4.65. The molecule has 1 aromatic carbocycles. The number of rotatable bonds is 6. The molecule has 0 radical (unpaired) electrons. The third kappa shape index (κ3) is 6.67. The van der Waals surface area contributed by atoms with Crippen LogP contribution in [0.2, 0.25) is 5.02 Å². The molecule has 11 nitrogen and oxygen atoms in total. The Morgan fingerprint density at radius 1 is 1.23 bits per heavy atom. The first kappa shape index (κ1) is 32.8. The Kier molecular flexibility index (Phi) is 9.02. The average molecular weight is 650 g/mol. The summed E-state index contributed by atoms with van der Waals surface area (Å²) in [6.07, 6.45) is -3.48. The predicted molar refractivity (Wildman–Crippen MR) is 144 cm³/mol. The number of aromatic nitrogens is 4. The quantitative estimate of drug-likeness (QED) is 0.265. The van der Waals surface area contributed by atoms with E-state index >= 15 is 0 Å². The number of carbonyl (C=O) groups is 3. The molecule has 2 fully saturated rings. The number of anilines is 1. The number of nitrogens with zero attached hydrogens (tertiary/aromatic N) is 5. The van der Waals surface area contributed by atoms with Crippen LogP contribution in [-0.2, 0) is 18.0 Å². The predicted octanol–water partition coefficient (Wildman–Crippen LogP) is 4.39. The van der Waals surface area contributed by atoms with Gasteiger partial charge in [-0.25, -0.2) is 18.2 Å². The zero-order chi connectivity index (χ0) is 32.6. The summed E-state index contributed by atoms with van der Waals surface area (Å²) in [6.45, 7) is -0.0457. The van der Waals surface area contributed by atoms with Crippen molar-refractivity contribution in [2.24, 2.45) is 12.8 Å². The summed E-state index contributed by atoms with van der Waals surface area (Å²) >= 11 is 6.30. The van der Waals surface area contributed by atoms with Gasteiger partial charge in [0.05, 0.1) is 28.0 Å². The van der Waals surface area contributed by atoms with Crippen molar-refractivity contribution >= 4 is 35.6 Å². The van der Waals surface area contributed by atoms with E-state index in [1.807, 2.05) is 0 Å². The van der Waals surface area contributed by atoms with Crippen LogP contribution in [0.15, 0.2) is 30.6 Å². The molecule has 1 atom stereocenters. The molecule has 238 valence electrons. The lowest BCUT2D eigenvalue weighted by atomic mass is 9.93. The highest BCUT2D eigenvalue weighted by molar-refractivity contribution is 6.34. The summed E-state index contributed by atoms with van der Waals surface area (Å²) in [5, 5.41) is 12.8. The maximum Gasteiger partial charge on any atom is 0.435 e. The third-order valence-electron chi connectivity index (χ3n) is 7.35. The van der Waals surface area contributed by atoms with Crippen molar-refractivity contribution in [1.29, 1.82) is 0 Å². The highest BCUT2D eigenvalue weighted by atomic mass is 35.5. The first-order valence-corrected chi connectivity index (χ1v) is 13.4. The van der Waals surface area contributed by atoms with Crippen molar-refractivity contribution < 1.29 is 45.8 Å². The Hall–Kier alpha value is -4.12. The molecule has 1 unspecified atom stereocenters. The molecular formula is C26H26ClF6N7O4. The zero-order valence-corrected chi connectivity index (χ0v) is 23.7. The van der Waals surface area contributed by atoms with E-state index in [0.29, 0.717) is 4.68 Å². The normalized spacial score (nSPS) is 18.7. The van der Waals surface area contributed by atoms with Gasteiger partial charge in [-0.2, -0.15) is 18.3 Å². The lowest BCUT2D eigenvalue weighted by Gasteiger charge is -2.35. The van der Waals surface area contributed by atoms with Crippen LogP contribution in [0.3, 0.4) is 0 Å². The summed E-state index contributed by atoms with van der Waals surface area (Å²) in [7, 11) is 1.30. The molecule has 3 heterocycles. The van der Waals surface area contributed by atoms with Crippen LogP contribution in [0, 0.1) is 0 Å². The fourth-order valence-electron chi connectivity index (χ4n) is 4.74. The van der Waals surface area contributed by atoms with Crippen LogP contribution in [0.5, 0.6) is 0 Å². The molecule has 0 spiro atoms. The van der Waals surface area contributed by atoms with Crippen LogP contribution in [-0.4, -0.2) is 78.9 Å². The van der Waals surface area contributed by atoms with Gasteiger partial charge < -0.3 is 25.6 Å². The fourth-order valence-corrected chi connectivity index (χ4v) is 5.00. The first-order valence-electron chi connectivity index (χ1n) is 13.0. The molecule has 0 bridgehead atoms. The molecule has 4 N–H and O–H groups in total. The number of amides is 2. The zero-order valence-electron chi connectivity index (χ0n) is 22.9. The minimum absolute atomic E-state index is 0.0170. The standard InChI is InChI=1S/C25H24ClF6N7O2.CH2O2/c1-37-17(15-11-39(18-9-24(18,28)29)36-19(15)25(30,31)32)10-34-20(37)21(40)35-13-2-3-14(16(26)8-13)22(41)38-6-4-23(27,12-33)5-7-38;2-1-3/h2-3,8,10-11,18H,4-7,9,12,33H2,1H3,(H,35,40);1H,(H,2,3). The molecule has 18 heteroatoms. The lowest BCUT2D eigenvalue weighted by Crippen LogP contribution is -2.47. The summed E-state index contributed by atoms with van der Waals surface area (Å²) in [4.78, 5) is 39.6. The minimum atomic E-state index is -4.94. The molecule has 44 heavy (non-hydrogen) atoms. The van der Waals surface area contributed by atoms with Crippen LogP contribution >= 0.6 is 11.6 Å². The maximum absolute atomic E-state index is 14.4. The van der Waals surface area contributed by atoms with Gasteiger partial charge in [0.25, 0.3) is 24.2 Å². The highest BCUT2D eigenvalue weighted by Crippen LogP contribution is 2.53. The number of hydrogen-bond donors (Lipinski definition) is 3. The van der Waals surface area contributed by atoms with Gasteiger partial charge in [0, 0.05) is 57.8 Å². The summed E-state index contributed by atoms with van der Waals surface area (Å²) in [6, 6.07) is 2.64. The number of halogens is 7. The largest absolute Gasteiger partial charge is 0.483 e. The summed E-state index contributed by atoms with van der Waals surface area (Å²) in [5.41, 5.74) is 2.22. The van der Waals surface area contributed by atoms with Gasteiger partial charge in [0.15, 0.2) is 11.5 Å². The van der Waals surface area contributed by atoms with Gasteiger partial charge in [0.1, 0.15) is 11.7 Å². The second-order valence-corrected chi connectivity index (χ2v) is 10.7. The number of likely N-dealkylation sites (tertiary alicyclic amines) is 1. The van der Waals surface area contributed by atoms with Gasteiger partial charge in [-0.05, 0) is 18.2 Å². The number of imidazole rings is 1. The number of benzene rings is 1. The molecule has 1 aliphatic heterocycles. The van der Waals surface area contributed by atoms with Crippen molar-refractivity contribution in [3.05, 3.63) is 52.7 Å². The molecule has 2 aromatic heterocycles. The molecule has 5 rings (SSSR count). The minimum Gasteiger partial charge on any atom is -0.483 e. The number of carboxylic acid groups (broad SMARTS) is 1. The molecule has 3 aromatic rings. The Morgan fingerprint density at radius 2 is 1.84 bits per heavy atom. The Balaban J connectivity index is 0.00000141. The maximum atomic E-state index is 14.4. The lowest BCUT2D eigenvalue weighted by molar-refractivity contribution is -0.141. The fraction of sp³-hybridized carbons (Fsp3) is 0.423. The van der Waals surface area contributed by atoms with E-state index in [0.717, 1.165) is 17.0 Å². The third-order valence-corrected chi connectivity index (χ3v) is 7.66. The molecular weight excluding hydrogens is 624 g/mol. The van der Waals surface area contributed by atoms with Gasteiger partial charge >= 0.3 is 6.18 Å². The molecule has 2 aliphatic rings. The van der Waals surface area contributed by atoms with Crippen molar-refractivity contribution in [2.75, 3.05) is 25.0 Å². The number of alkyl halides is 6. The van der Waals surface area contributed by atoms with Crippen LogP contribution < -0.4 is 11.1 Å². The first-order chi connectivity index (χ1) is 20.5. The molecule has 1 saturated carbocycles. The van der Waals surface area contributed by atoms with Crippen molar-refractivity contribution in [3.8, 4) is 11.3 Å². The number of carbonyl (C=O) groups excluding carboxylic acids is 2. The number of piperidine rings is 1. The van der Waals surface area contributed by atoms with E-state index < -0.39 is 53.3 Å². The Bertz CT molecular complexity index is 1570. The number of hydrogen-bond acceptors (Lipinski definition) is 6. The topological polar surface area (TPSA) is 148 Å². The van der Waals surface area contributed by atoms with E-state index in [9.17, 15) is 35.9 Å². The van der Waals surface area contributed by atoms with E-state index in [-0.39, 0.29) is 66.7 Å². The van der Waals surface area contributed by atoms with Crippen molar-refractivity contribution in [3.63, 3.8) is 0 Å². The SMILES string of the molecule is Cn1c(-c2cn(C3CC3(F)F)nc2C(F)(F)F)cnc1C(=O)Nc1ccc(C(=O)N2CCC(F)(CN)CC2)c(Cl)c1.O=CO. The number of nitrogens with one attached hydrogen (secondary N) is 1. The number of nitrogens with two attached hydrogens (primary N) is 1. The van der Waals surface area contributed by atoms with Gasteiger partial charge in [0.2, 0.25) is 0 Å². The average Bonchev–Trinajstić information content (AvgIpc) is 3.25. The Morgan fingerprint density at radius 3 is 2.36 bits per heavy atom. The van der Waals surface area contributed by atoms with E-state index in [4.69, 9.17) is 27.2 Å². The van der Waals surface area contributed by atoms with Crippen LogP contribution in [0.4, 0.5) is 32.0 Å². The molecule has 1 saturated heterocycles. The monoisotopic (exact) mass is 649 g/mol. The van der Waals surface area contributed by atoms with Gasteiger partial charge in [-0.1, -0.05) is 11.6 Å². The van der Waals surface area contributed by atoms with E-state index in [1.165, 1.54) is 30.1 Å². The second-order valence-electron chi connectivity index (χ2n) is 10.3. The smallest absolute Gasteiger partial charge is 0.435 e. The Labute approximate surface area is 250 Å². The molecule has 2 amide bonds. The van der Waals surface area contributed by atoms with Crippen molar-refractivity contribution in [1.82, 2.24) is 24.2 Å². The summed E-state index contributed by atoms with van der Waals surface area (Å²) < 4.78 is 84.0. The van der Waals surface area contributed by atoms with Crippen LogP contribution in [0.1, 0.15) is 52.0 Å².